The van der Waals surface area contributed by atoms with E-state index < -0.39 is 0 Å². The normalized spacial score (nSPS) is 17.2. The second kappa shape index (κ2) is 7.45. The number of carbonyl (C=O) groups excluding carboxylic acids is 1. The predicted octanol–water partition coefficient (Wildman–Crippen LogP) is 3.93. The number of hydrogen-bond donors (Lipinski definition) is 0. The van der Waals surface area contributed by atoms with Gasteiger partial charge in [-0.15, -0.1) is 11.3 Å². The minimum atomic E-state index is 0.0247. The molecule has 0 radical (unpaired) electrons. The van der Waals surface area contributed by atoms with Crippen LogP contribution in [0.25, 0.3) is 10.6 Å². The maximum Gasteiger partial charge on any atom is 0.273 e. The van der Waals surface area contributed by atoms with Crippen LogP contribution in [0.15, 0.2) is 23.6 Å². The Morgan fingerprint density at radius 3 is 2.92 bits per heavy atom. The summed E-state index contributed by atoms with van der Waals surface area (Å²) in [7, 11) is 0. The number of nitrogens with zero attached hydrogens (tertiary/aromatic N) is 2. The van der Waals surface area contributed by atoms with Gasteiger partial charge in [-0.1, -0.05) is 23.8 Å². The Balaban J connectivity index is 1.77. The van der Waals surface area contributed by atoms with E-state index in [0.29, 0.717) is 18.2 Å². The fourth-order valence-electron chi connectivity index (χ4n) is 3.11. The molecule has 1 aliphatic rings. The van der Waals surface area contributed by atoms with Gasteiger partial charge in [-0.25, -0.2) is 4.98 Å². The molecular formula is C19H24N2O2S. The molecule has 5 heteroatoms. The summed E-state index contributed by atoms with van der Waals surface area (Å²) >= 11 is 1.54. The number of aromatic nitrogens is 1. The van der Waals surface area contributed by atoms with Gasteiger partial charge >= 0.3 is 0 Å². The van der Waals surface area contributed by atoms with Crippen molar-refractivity contribution in [1.29, 1.82) is 0 Å². The summed E-state index contributed by atoms with van der Waals surface area (Å²) in [6, 6.07) is 6.32. The summed E-state index contributed by atoms with van der Waals surface area (Å²) in [5.74, 6) is 0.475. The summed E-state index contributed by atoms with van der Waals surface area (Å²) in [6.07, 6.45) is 1.04. The molecule has 2 aromatic rings. The van der Waals surface area contributed by atoms with E-state index in [4.69, 9.17) is 4.74 Å². The molecule has 4 nitrogen and oxygen atoms in total. The maximum atomic E-state index is 12.8. The molecule has 1 aromatic carbocycles. The van der Waals surface area contributed by atoms with E-state index in [-0.39, 0.29) is 5.91 Å². The lowest BCUT2D eigenvalue weighted by Crippen LogP contribution is -2.35. The zero-order chi connectivity index (χ0) is 17.1. The van der Waals surface area contributed by atoms with Crippen molar-refractivity contribution in [2.45, 2.75) is 27.2 Å². The van der Waals surface area contributed by atoms with Crippen molar-refractivity contribution >= 4 is 17.2 Å². The summed E-state index contributed by atoms with van der Waals surface area (Å²) in [6.45, 7) is 9.21. The fourth-order valence-corrected chi connectivity index (χ4v) is 3.99. The second-order valence-electron chi connectivity index (χ2n) is 6.43. The van der Waals surface area contributed by atoms with Crippen LogP contribution >= 0.6 is 11.3 Å². The highest BCUT2D eigenvalue weighted by molar-refractivity contribution is 7.13. The molecule has 1 amide bonds. The van der Waals surface area contributed by atoms with E-state index in [0.717, 1.165) is 36.8 Å². The van der Waals surface area contributed by atoms with Gasteiger partial charge in [-0.05, 0) is 32.8 Å². The molecule has 0 N–H and O–H groups in total. The number of amides is 1. The lowest BCUT2D eigenvalue weighted by molar-refractivity contribution is 0.0726. The molecule has 0 aliphatic carbocycles. The van der Waals surface area contributed by atoms with Gasteiger partial charge in [0.1, 0.15) is 10.7 Å². The van der Waals surface area contributed by atoms with Crippen molar-refractivity contribution in [3.8, 4) is 10.6 Å². The summed E-state index contributed by atoms with van der Waals surface area (Å²) in [5, 5.41) is 2.79. The molecule has 1 fully saturated rings. The van der Waals surface area contributed by atoms with Crippen LogP contribution in [0.5, 0.6) is 0 Å². The van der Waals surface area contributed by atoms with E-state index in [2.05, 4.69) is 37.0 Å². The van der Waals surface area contributed by atoms with E-state index in [1.54, 1.807) is 0 Å². The highest BCUT2D eigenvalue weighted by atomic mass is 32.1. The van der Waals surface area contributed by atoms with Crippen molar-refractivity contribution in [1.82, 2.24) is 9.88 Å². The SMILES string of the molecule is CCN(CC1CCOC1)C(=O)c1csc(-c2ccc(C)cc2C)n1. The zero-order valence-corrected chi connectivity index (χ0v) is 15.4. The molecular weight excluding hydrogens is 320 g/mol. The van der Waals surface area contributed by atoms with Gasteiger partial charge in [0.05, 0.1) is 6.61 Å². The van der Waals surface area contributed by atoms with Gasteiger partial charge in [-0.3, -0.25) is 4.79 Å². The van der Waals surface area contributed by atoms with E-state index in [1.807, 2.05) is 17.2 Å². The van der Waals surface area contributed by atoms with Crippen molar-refractivity contribution < 1.29 is 9.53 Å². The van der Waals surface area contributed by atoms with E-state index in [1.165, 1.54) is 22.5 Å². The quantitative estimate of drug-likeness (QED) is 0.825. The third kappa shape index (κ3) is 3.68. The average Bonchev–Trinajstić information content (AvgIpc) is 3.23. The number of rotatable bonds is 5. The molecule has 3 rings (SSSR count). The van der Waals surface area contributed by atoms with Gasteiger partial charge < -0.3 is 9.64 Å². The molecule has 1 unspecified atom stereocenters. The molecule has 1 aliphatic heterocycles. The Hall–Kier alpha value is -1.72. The summed E-state index contributed by atoms with van der Waals surface area (Å²) in [4.78, 5) is 19.3. The van der Waals surface area contributed by atoms with Crippen molar-refractivity contribution in [3.05, 3.63) is 40.4 Å². The first-order valence-corrected chi connectivity index (χ1v) is 9.36. The Bertz CT molecular complexity index is 720. The standard InChI is InChI=1S/C19H24N2O2S/c1-4-21(10-15-7-8-23-11-15)19(22)17-12-24-18(20-17)16-6-5-13(2)9-14(16)3/h5-6,9,12,15H,4,7-8,10-11H2,1-3H3. The third-order valence-corrected chi connectivity index (χ3v) is 5.38. The predicted molar refractivity (Wildman–Crippen MR) is 97.5 cm³/mol. The second-order valence-corrected chi connectivity index (χ2v) is 7.29. The molecule has 0 saturated carbocycles. The number of hydrogen-bond acceptors (Lipinski definition) is 4. The van der Waals surface area contributed by atoms with Crippen molar-refractivity contribution in [3.63, 3.8) is 0 Å². The molecule has 128 valence electrons. The lowest BCUT2D eigenvalue weighted by Gasteiger charge is -2.22. The first-order valence-electron chi connectivity index (χ1n) is 8.48. The minimum absolute atomic E-state index is 0.0247. The first kappa shape index (κ1) is 17.1. The van der Waals surface area contributed by atoms with Crippen LogP contribution in [0.2, 0.25) is 0 Å². The fraction of sp³-hybridized carbons (Fsp3) is 0.474. The minimum Gasteiger partial charge on any atom is -0.381 e. The molecule has 1 atom stereocenters. The first-order chi connectivity index (χ1) is 11.6. The Morgan fingerprint density at radius 2 is 2.25 bits per heavy atom. The summed E-state index contributed by atoms with van der Waals surface area (Å²) < 4.78 is 5.42. The lowest BCUT2D eigenvalue weighted by atomic mass is 10.1. The van der Waals surface area contributed by atoms with Gasteiger partial charge in [0, 0.05) is 36.6 Å². The van der Waals surface area contributed by atoms with Crippen LogP contribution in [0, 0.1) is 19.8 Å². The van der Waals surface area contributed by atoms with Gasteiger partial charge in [0.15, 0.2) is 0 Å². The molecule has 2 heterocycles. The number of ether oxygens (including phenoxy) is 1. The Labute approximate surface area is 147 Å². The largest absolute Gasteiger partial charge is 0.381 e. The zero-order valence-electron chi connectivity index (χ0n) is 14.5. The van der Waals surface area contributed by atoms with E-state index >= 15 is 0 Å². The Morgan fingerprint density at radius 1 is 1.42 bits per heavy atom. The number of aryl methyl sites for hydroxylation is 2. The average molecular weight is 344 g/mol. The highest BCUT2D eigenvalue weighted by Crippen LogP contribution is 2.28. The van der Waals surface area contributed by atoms with E-state index in [9.17, 15) is 4.79 Å². The van der Waals surface area contributed by atoms with Crippen LogP contribution in [0.4, 0.5) is 0 Å². The monoisotopic (exact) mass is 344 g/mol. The van der Waals surface area contributed by atoms with Gasteiger partial charge in [-0.2, -0.15) is 0 Å². The van der Waals surface area contributed by atoms with Crippen LogP contribution in [0.3, 0.4) is 0 Å². The smallest absolute Gasteiger partial charge is 0.273 e. The van der Waals surface area contributed by atoms with Crippen molar-refractivity contribution in [2.24, 2.45) is 5.92 Å². The van der Waals surface area contributed by atoms with Crippen LogP contribution in [0.1, 0.15) is 35.0 Å². The van der Waals surface area contributed by atoms with Gasteiger partial charge in [0.2, 0.25) is 0 Å². The summed E-state index contributed by atoms with van der Waals surface area (Å²) in [5.41, 5.74) is 4.09. The Kier molecular flexibility index (Phi) is 5.31. The molecule has 0 bridgehead atoms. The molecule has 0 spiro atoms. The number of carbonyl (C=O) groups is 1. The van der Waals surface area contributed by atoms with Crippen LogP contribution in [-0.4, -0.2) is 42.1 Å². The molecule has 1 aromatic heterocycles. The maximum absolute atomic E-state index is 12.8. The van der Waals surface area contributed by atoms with Crippen molar-refractivity contribution in [2.75, 3.05) is 26.3 Å². The molecule has 1 saturated heterocycles. The third-order valence-electron chi connectivity index (χ3n) is 4.51. The van der Waals surface area contributed by atoms with Crippen LogP contribution in [-0.2, 0) is 4.74 Å². The number of benzene rings is 1. The topological polar surface area (TPSA) is 42.4 Å². The highest BCUT2D eigenvalue weighted by Gasteiger charge is 2.24. The molecule has 24 heavy (non-hydrogen) atoms. The van der Waals surface area contributed by atoms with Gasteiger partial charge in [0.25, 0.3) is 5.91 Å². The van der Waals surface area contributed by atoms with Crippen LogP contribution < -0.4 is 0 Å². The number of thiazole rings is 1.